The van der Waals surface area contributed by atoms with Gasteiger partial charge in [-0.3, -0.25) is 9.59 Å². The Hall–Kier alpha value is -2.97. The normalized spacial score (nSPS) is 31.5. The highest BCUT2D eigenvalue weighted by Crippen LogP contribution is 2.48. The zero-order chi connectivity index (χ0) is 22.6. The van der Waals surface area contributed by atoms with Gasteiger partial charge in [0.1, 0.15) is 0 Å². The Morgan fingerprint density at radius 1 is 0.906 bits per heavy atom. The number of carbonyl (C=O) groups is 3. The Balaban J connectivity index is 1.31. The van der Waals surface area contributed by atoms with Crippen LogP contribution in [0.1, 0.15) is 36.0 Å². The molecule has 1 aromatic rings. The van der Waals surface area contributed by atoms with E-state index in [4.69, 9.17) is 17.2 Å². The van der Waals surface area contributed by atoms with E-state index in [1.165, 1.54) is 0 Å². The van der Waals surface area contributed by atoms with Gasteiger partial charge in [0.2, 0.25) is 5.91 Å². The summed E-state index contributed by atoms with van der Waals surface area (Å²) in [5.74, 6) is 0.991. The predicted molar refractivity (Wildman–Crippen MR) is 120 cm³/mol. The summed E-state index contributed by atoms with van der Waals surface area (Å²) < 4.78 is 0. The molecule has 0 spiro atoms. The second-order valence-corrected chi connectivity index (χ2v) is 9.87. The third-order valence-electron chi connectivity index (χ3n) is 8.20. The molecule has 172 valence electrons. The first-order chi connectivity index (χ1) is 15.3. The van der Waals surface area contributed by atoms with Gasteiger partial charge in [-0.15, -0.1) is 0 Å². The summed E-state index contributed by atoms with van der Waals surface area (Å²) in [6.45, 7) is 3.17. The molecule has 0 radical (unpaired) electrons. The molecular weight excluding hydrogens is 408 g/mol. The van der Waals surface area contributed by atoms with Crippen molar-refractivity contribution in [2.75, 3.05) is 44.2 Å². The maximum absolute atomic E-state index is 13.4. The average molecular weight is 441 g/mol. The summed E-state index contributed by atoms with van der Waals surface area (Å²) >= 11 is 0. The van der Waals surface area contributed by atoms with E-state index in [-0.39, 0.29) is 29.7 Å². The van der Waals surface area contributed by atoms with Crippen LogP contribution in [0.2, 0.25) is 0 Å². The first kappa shape index (κ1) is 20.9. The lowest BCUT2D eigenvalue weighted by molar-refractivity contribution is -0.136. The van der Waals surface area contributed by atoms with Crippen molar-refractivity contribution in [3.63, 3.8) is 0 Å². The van der Waals surface area contributed by atoms with Gasteiger partial charge in [0.15, 0.2) is 0 Å². The van der Waals surface area contributed by atoms with Gasteiger partial charge < -0.3 is 31.9 Å². The molecule has 5 aliphatic rings. The van der Waals surface area contributed by atoms with Crippen molar-refractivity contribution in [3.8, 4) is 0 Å². The molecule has 4 heterocycles. The number of hydrogen-bond donors (Lipinski definition) is 3. The fraction of sp³-hybridized carbons (Fsp3) is 0.609. The second kappa shape index (κ2) is 7.86. The fourth-order valence-corrected chi connectivity index (χ4v) is 6.55. The number of para-hydroxylation sites is 1. The fourth-order valence-electron chi connectivity index (χ4n) is 6.55. The van der Waals surface area contributed by atoms with Gasteiger partial charge in [0.05, 0.1) is 22.9 Å². The molecule has 9 heteroatoms. The molecule has 6 rings (SSSR count). The highest BCUT2D eigenvalue weighted by Gasteiger charge is 2.54. The Morgan fingerprint density at radius 3 is 2.47 bits per heavy atom. The van der Waals surface area contributed by atoms with E-state index in [0.717, 1.165) is 32.2 Å². The lowest BCUT2D eigenvalue weighted by Crippen LogP contribution is -2.59. The van der Waals surface area contributed by atoms with Gasteiger partial charge in [-0.1, -0.05) is 6.07 Å². The standard InChI is InChI=1S/C23H32N6O3/c24-18-5-1-4-15(20(18)25)22(31)29-10-13-6-7-19(29)17-12-28(11-16(13)17)21(30)14-3-2-8-27(9-14)23(26)32/h1,4-5,13-14,16-17,19H,2-3,6-12,24-25H2,(H2,26,32). The van der Waals surface area contributed by atoms with Crippen LogP contribution in [0, 0.1) is 23.7 Å². The molecule has 6 N–H and O–H groups in total. The van der Waals surface area contributed by atoms with Crippen LogP contribution in [0.5, 0.6) is 0 Å². The van der Waals surface area contributed by atoms with E-state index in [2.05, 4.69) is 0 Å². The summed E-state index contributed by atoms with van der Waals surface area (Å²) in [6, 6.07) is 4.87. The lowest BCUT2D eigenvalue weighted by Gasteiger charge is -2.52. The molecule has 5 unspecified atom stereocenters. The van der Waals surface area contributed by atoms with Crippen LogP contribution in [0.25, 0.3) is 0 Å². The van der Waals surface area contributed by atoms with Crippen molar-refractivity contribution >= 4 is 29.2 Å². The first-order valence-corrected chi connectivity index (χ1v) is 11.6. The number of hydrogen-bond acceptors (Lipinski definition) is 5. The van der Waals surface area contributed by atoms with Gasteiger partial charge >= 0.3 is 6.03 Å². The van der Waals surface area contributed by atoms with Crippen molar-refractivity contribution in [2.45, 2.75) is 31.7 Å². The highest BCUT2D eigenvalue weighted by atomic mass is 16.2. The van der Waals surface area contributed by atoms with Crippen LogP contribution < -0.4 is 17.2 Å². The van der Waals surface area contributed by atoms with Crippen LogP contribution >= 0.6 is 0 Å². The Morgan fingerprint density at radius 2 is 1.69 bits per heavy atom. The van der Waals surface area contributed by atoms with E-state index in [0.29, 0.717) is 55.0 Å². The third kappa shape index (κ3) is 3.34. The number of primary amides is 1. The molecule has 4 saturated heterocycles. The minimum Gasteiger partial charge on any atom is -0.397 e. The van der Waals surface area contributed by atoms with E-state index in [1.54, 1.807) is 23.1 Å². The largest absolute Gasteiger partial charge is 0.397 e. The van der Waals surface area contributed by atoms with Crippen LogP contribution in [-0.4, -0.2) is 71.3 Å². The molecule has 5 fully saturated rings. The number of anilines is 2. The number of benzene rings is 1. The van der Waals surface area contributed by atoms with Crippen LogP contribution in [0.15, 0.2) is 18.2 Å². The van der Waals surface area contributed by atoms with Crippen molar-refractivity contribution in [1.29, 1.82) is 0 Å². The van der Waals surface area contributed by atoms with E-state index in [9.17, 15) is 14.4 Å². The van der Waals surface area contributed by atoms with Crippen LogP contribution in [0.3, 0.4) is 0 Å². The van der Waals surface area contributed by atoms with Crippen molar-refractivity contribution in [3.05, 3.63) is 23.8 Å². The Kier molecular flexibility index (Phi) is 5.14. The van der Waals surface area contributed by atoms with Gasteiger partial charge in [-0.05, 0) is 49.7 Å². The maximum atomic E-state index is 13.4. The van der Waals surface area contributed by atoms with Crippen molar-refractivity contribution < 1.29 is 14.4 Å². The Labute approximate surface area is 187 Å². The molecule has 1 saturated carbocycles. The number of carbonyl (C=O) groups excluding carboxylic acids is 3. The summed E-state index contributed by atoms with van der Waals surface area (Å²) in [5.41, 5.74) is 18.7. The number of piperidine rings is 3. The molecule has 5 atom stereocenters. The first-order valence-electron chi connectivity index (χ1n) is 11.6. The molecular formula is C23H32N6O3. The second-order valence-electron chi connectivity index (χ2n) is 9.87. The van der Waals surface area contributed by atoms with Gasteiger partial charge in [0, 0.05) is 44.7 Å². The minimum atomic E-state index is -0.453. The molecule has 2 bridgehead atoms. The maximum Gasteiger partial charge on any atom is 0.314 e. The third-order valence-corrected chi connectivity index (χ3v) is 8.20. The van der Waals surface area contributed by atoms with E-state index >= 15 is 0 Å². The number of likely N-dealkylation sites (tertiary alicyclic amines) is 2. The molecule has 9 nitrogen and oxygen atoms in total. The van der Waals surface area contributed by atoms with Crippen LogP contribution in [-0.2, 0) is 4.79 Å². The summed E-state index contributed by atoms with van der Waals surface area (Å²) in [6.07, 6.45) is 3.64. The van der Waals surface area contributed by atoms with Gasteiger partial charge in [-0.25, -0.2) is 4.79 Å². The summed E-state index contributed by atoms with van der Waals surface area (Å²) in [4.78, 5) is 43.8. The molecule has 0 aromatic heterocycles. The monoisotopic (exact) mass is 440 g/mol. The average Bonchev–Trinajstić information content (AvgIpc) is 3.28. The molecule has 1 aliphatic carbocycles. The van der Waals surface area contributed by atoms with Gasteiger partial charge in [-0.2, -0.15) is 0 Å². The Bertz CT molecular complexity index is 952. The molecule has 1 aromatic carbocycles. The highest BCUT2D eigenvalue weighted by molar-refractivity contribution is 6.01. The molecule has 32 heavy (non-hydrogen) atoms. The quantitative estimate of drug-likeness (QED) is 0.588. The van der Waals surface area contributed by atoms with Crippen molar-refractivity contribution in [1.82, 2.24) is 14.7 Å². The molecule has 4 amide bonds. The number of nitrogens with two attached hydrogens (primary N) is 3. The minimum absolute atomic E-state index is 0.0582. The smallest absolute Gasteiger partial charge is 0.314 e. The number of nitrogen functional groups attached to an aromatic ring is 2. The zero-order valence-corrected chi connectivity index (χ0v) is 18.3. The van der Waals surface area contributed by atoms with E-state index in [1.807, 2.05) is 9.80 Å². The number of urea groups is 1. The zero-order valence-electron chi connectivity index (χ0n) is 18.3. The lowest BCUT2D eigenvalue weighted by atomic mass is 9.66. The predicted octanol–water partition coefficient (Wildman–Crippen LogP) is 0.951. The number of fused-ring (bicyclic) bond motifs is 2. The van der Waals surface area contributed by atoms with Crippen LogP contribution in [0.4, 0.5) is 16.2 Å². The topological polar surface area (TPSA) is 139 Å². The SMILES string of the molecule is NC(=O)N1CCCC(C(=O)N2CC3C4CCC(C3C2)N(C(=O)c2cccc(N)c2N)C4)C1. The molecule has 4 aliphatic heterocycles. The number of nitrogens with zero attached hydrogens (tertiary/aromatic N) is 3. The number of amides is 4. The van der Waals surface area contributed by atoms with Gasteiger partial charge in [0.25, 0.3) is 5.91 Å². The summed E-state index contributed by atoms with van der Waals surface area (Å²) in [5, 5.41) is 0. The number of rotatable bonds is 2. The van der Waals surface area contributed by atoms with E-state index < -0.39 is 6.03 Å². The summed E-state index contributed by atoms with van der Waals surface area (Å²) in [7, 11) is 0. The van der Waals surface area contributed by atoms with Crippen molar-refractivity contribution in [2.24, 2.45) is 29.4 Å².